The van der Waals surface area contributed by atoms with E-state index in [1.165, 1.54) is 18.3 Å². The van der Waals surface area contributed by atoms with Crippen molar-refractivity contribution in [2.75, 3.05) is 6.54 Å². The second kappa shape index (κ2) is 5.59. The second-order valence-electron chi connectivity index (χ2n) is 3.10. The molecule has 0 bridgehead atoms. The third-order valence-corrected chi connectivity index (χ3v) is 1.88. The number of nitrogens with one attached hydrogen (secondary N) is 1. The van der Waals surface area contributed by atoms with Gasteiger partial charge in [-0.05, 0) is 12.1 Å². The predicted octanol–water partition coefficient (Wildman–Crippen LogP) is -0.0157. The first-order valence-electron chi connectivity index (χ1n) is 4.70. The Morgan fingerprint density at radius 1 is 1.29 bits per heavy atom. The van der Waals surface area contributed by atoms with Crippen LogP contribution in [0.5, 0.6) is 0 Å². The number of pyridine rings is 1. The van der Waals surface area contributed by atoms with Gasteiger partial charge in [-0.25, -0.2) is 4.79 Å². The SMILES string of the molecule is O=C(O)CCNC(=O)c1ncccc1C(=O)O. The van der Waals surface area contributed by atoms with E-state index in [0.29, 0.717) is 0 Å². The third-order valence-electron chi connectivity index (χ3n) is 1.88. The van der Waals surface area contributed by atoms with Crippen LogP contribution < -0.4 is 5.32 Å². The van der Waals surface area contributed by atoms with Gasteiger partial charge in [-0.1, -0.05) is 0 Å². The van der Waals surface area contributed by atoms with E-state index >= 15 is 0 Å². The number of carboxylic acid groups (broad SMARTS) is 2. The zero-order valence-electron chi connectivity index (χ0n) is 8.71. The molecule has 0 aromatic carbocycles. The van der Waals surface area contributed by atoms with Crippen molar-refractivity contribution in [3.05, 3.63) is 29.6 Å². The van der Waals surface area contributed by atoms with E-state index in [1.54, 1.807) is 0 Å². The summed E-state index contributed by atoms with van der Waals surface area (Å²) in [4.78, 5) is 36.2. The lowest BCUT2D eigenvalue weighted by molar-refractivity contribution is -0.136. The lowest BCUT2D eigenvalue weighted by Crippen LogP contribution is -2.28. The molecule has 1 heterocycles. The van der Waals surface area contributed by atoms with Crippen molar-refractivity contribution in [2.24, 2.45) is 0 Å². The molecule has 0 saturated heterocycles. The van der Waals surface area contributed by atoms with Gasteiger partial charge in [0.2, 0.25) is 0 Å². The molecule has 1 rings (SSSR count). The van der Waals surface area contributed by atoms with Gasteiger partial charge in [-0.15, -0.1) is 0 Å². The van der Waals surface area contributed by atoms with Crippen molar-refractivity contribution < 1.29 is 24.6 Å². The van der Waals surface area contributed by atoms with E-state index in [1.807, 2.05) is 0 Å². The van der Waals surface area contributed by atoms with Gasteiger partial charge in [0.1, 0.15) is 5.69 Å². The van der Waals surface area contributed by atoms with Gasteiger partial charge >= 0.3 is 11.9 Å². The minimum atomic E-state index is -1.26. The summed E-state index contributed by atoms with van der Waals surface area (Å²) in [5, 5.41) is 19.5. The first-order valence-corrected chi connectivity index (χ1v) is 4.70. The van der Waals surface area contributed by atoms with Gasteiger partial charge in [0, 0.05) is 12.7 Å². The quantitative estimate of drug-likeness (QED) is 0.663. The van der Waals surface area contributed by atoms with Crippen LogP contribution in [-0.4, -0.2) is 39.6 Å². The summed E-state index contributed by atoms with van der Waals surface area (Å²) in [6.45, 7) is -0.0796. The molecule has 7 nitrogen and oxygen atoms in total. The summed E-state index contributed by atoms with van der Waals surface area (Å²) in [7, 11) is 0. The number of hydrogen-bond acceptors (Lipinski definition) is 4. The highest BCUT2D eigenvalue weighted by Gasteiger charge is 2.17. The molecule has 3 N–H and O–H groups in total. The van der Waals surface area contributed by atoms with Crippen LogP contribution in [-0.2, 0) is 4.79 Å². The van der Waals surface area contributed by atoms with E-state index in [0.717, 1.165) is 0 Å². The van der Waals surface area contributed by atoms with Crippen molar-refractivity contribution in [3.8, 4) is 0 Å². The largest absolute Gasteiger partial charge is 0.481 e. The van der Waals surface area contributed by atoms with Gasteiger partial charge in [-0.2, -0.15) is 0 Å². The number of amides is 1. The molecule has 0 atom stereocenters. The Labute approximate surface area is 96.1 Å². The zero-order chi connectivity index (χ0) is 12.8. The fourth-order valence-electron chi connectivity index (χ4n) is 1.13. The van der Waals surface area contributed by atoms with Crippen LogP contribution in [0.3, 0.4) is 0 Å². The topological polar surface area (TPSA) is 117 Å². The van der Waals surface area contributed by atoms with Crippen molar-refractivity contribution in [1.29, 1.82) is 0 Å². The maximum absolute atomic E-state index is 11.5. The van der Waals surface area contributed by atoms with Gasteiger partial charge in [0.05, 0.1) is 12.0 Å². The number of carboxylic acids is 2. The Bertz CT molecular complexity index is 458. The molecule has 0 fully saturated rings. The minimum absolute atomic E-state index is 0.0796. The molecule has 0 aliphatic heterocycles. The number of aromatic carboxylic acids is 1. The average molecular weight is 238 g/mol. The molecule has 0 unspecified atom stereocenters. The number of rotatable bonds is 5. The molecule has 0 aliphatic rings. The first kappa shape index (κ1) is 12.6. The molecule has 90 valence electrons. The maximum Gasteiger partial charge on any atom is 0.338 e. The Balaban J connectivity index is 2.75. The molecule has 7 heteroatoms. The fourth-order valence-corrected chi connectivity index (χ4v) is 1.13. The average Bonchev–Trinajstić information content (AvgIpc) is 2.28. The number of aliphatic carboxylic acids is 1. The zero-order valence-corrected chi connectivity index (χ0v) is 8.71. The molecular formula is C10H10N2O5. The lowest BCUT2D eigenvalue weighted by atomic mass is 10.2. The minimum Gasteiger partial charge on any atom is -0.481 e. The highest BCUT2D eigenvalue weighted by molar-refractivity contribution is 6.03. The third kappa shape index (κ3) is 3.56. The molecule has 0 aliphatic carbocycles. The second-order valence-corrected chi connectivity index (χ2v) is 3.10. The number of aromatic nitrogens is 1. The first-order chi connectivity index (χ1) is 8.02. The normalized spacial score (nSPS) is 9.65. The Kier molecular flexibility index (Phi) is 4.15. The standard InChI is InChI=1S/C10H10N2O5/c13-7(14)3-5-12-9(15)8-6(10(16)17)2-1-4-11-8/h1-2,4H,3,5H2,(H,12,15)(H,13,14)(H,16,17). The summed E-state index contributed by atoms with van der Waals surface area (Å²) in [6.07, 6.45) is 1.06. The number of carbonyl (C=O) groups excluding carboxylic acids is 1. The summed E-state index contributed by atoms with van der Waals surface area (Å²) in [5.74, 6) is -3.02. The van der Waals surface area contributed by atoms with Crippen molar-refractivity contribution >= 4 is 17.8 Å². The molecule has 1 aromatic heterocycles. The van der Waals surface area contributed by atoms with E-state index in [2.05, 4.69) is 10.3 Å². The van der Waals surface area contributed by atoms with Crippen LogP contribution in [0.4, 0.5) is 0 Å². The van der Waals surface area contributed by atoms with Crippen molar-refractivity contribution in [1.82, 2.24) is 10.3 Å². The molecule has 1 amide bonds. The Hall–Kier alpha value is -2.44. The number of carbonyl (C=O) groups is 3. The van der Waals surface area contributed by atoms with Crippen LogP contribution >= 0.6 is 0 Å². The molecule has 0 radical (unpaired) electrons. The fraction of sp³-hybridized carbons (Fsp3) is 0.200. The maximum atomic E-state index is 11.5. The van der Waals surface area contributed by atoms with Crippen LogP contribution in [0.2, 0.25) is 0 Å². The Morgan fingerprint density at radius 3 is 2.59 bits per heavy atom. The van der Waals surface area contributed by atoms with Gasteiger partial charge < -0.3 is 15.5 Å². The van der Waals surface area contributed by atoms with Crippen LogP contribution in [0, 0.1) is 0 Å². The van der Waals surface area contributed by atoms with Crippen LogP contribution in [0.15, 0.2) is 18.3 Å². The monoisotopic (exact) mass is 238 g/mol. The van der Waals surface area contributed by atoms with Crippen LogP contribution in [0.25, 0.3) is 0 Å². The predicted molar refractivity (Wildman–Crippen MR) is 55.8 cm³/mol. The van der Waals surface area contributed by atoms with E-state index in [-0.39, 0.29) is 24.2 Å². The molecule has 0 saturated carbocycles. The summed E-state index contributed by atoms with van der Waals surface area (Å²) < 4.78 is 0. The van der Waals surface area contributed by atoms with Gasteiger partial charge in [0.25, 0.3) is 5.91 Å². The molecule has 0 spiro atoms. The summed E-state index contributed by atoms with van der Waals surface area (Å²) in [5.41, 5.74) is -0.453. The molecular weight excluding hydrogens is 228 g/mol. The number of nitrogens with zero attached hydrogens (tertiary/aromatic N) is 1. The smallest absolute Gasteiger partial charge is 0.338 e. The number of hydrogen-bond donors (Lipinski definition) is 3. The summed E-state index contributed by atoms with van der Waals surface area (Å²) >= 11 is 0. The highest BCUT2D eigenvalue weighted by Crippen LogP contribution is 2.04. The van der Waals surface area contributed by atoms with Crippen molar-refractivity contribution in [3.63, 3.8) is 0 Å². The summed E-state index contributed by atoms with van der Waals surface area (Å²) in [6, 6.07) is 2.65. The van der Waals surface area contributed by atoms with E-state index in [4.69, 9.17) is 10.2 Å². The highest BCUT2D eigenvalue weighted by atomic mass is 16.4. The Morgan fingerprint density at radius 2 is 2.00 bits per heavy atom. The van der Waals surface area contributed by atoms with Gasteiger partial charge in [-0.3, -0.25) is 14.6 Å². The molecule has 17 heavy (non-hydrogen) atoms. The lowest BCUT2D eigenvalue weighted by Gasteiger charge is -2.05. The van der Waals surface area contributed by atoms with Gasteiger partial charge in [0.15, 0.2) is 0 Å². The van der Waals surface area contributed by atoms with E-state index < -0.39 is 17.8 Å². The van der Waals surface area contributed by atoms with Crippen LogP contribution in [0.1, 0.15) is 27.3 Å². The molecule has 1 aromatic rings. The van der Waals surface area contributed by atoms with Crippen molar-refractivity contribution in [2.45, 2.75) is 6.42 Å². The van der Waals surface area contributed by atoms with E-state index in [9.17, 15) is 14.4 Å².